The first-order valence-corrected chi connectivity index (χ1v) is 5.53. The van der Waals surface area contributed by atoms with Crippen molar-refractivity contribution in [3.05, 3.63) is 16.4 Å². The van der Waals surface area contributed by atoms with Crippen molar-refractivity contribution in [1.82, 2.24) is 9.78 Å². The zero-order valence-electron chi connectivity index (χ0n) is 8.74. The largest absolute Gasteiger partial charge is 0.387 e. The third-order valence-corrected chi connectivity index (χ3v) is 2.64. The molecule has 16 heavy (non-hydrogen) atoms. The van der Waals surface area contributed by atoms with Gasteiger partial charge in [0.1, 0.15) is 6.61 Å². The van der Waals surface area contributed by atoms with Crippen molar-refractivity contribution in [2.24, 2.45) is 7.05 Å². The molecule has 0 aliphatic rings. The van der Waals surface area contributed by atoms with Gasteiger partial charge in [-0.25, -0.2) is 8.78 Å². The molecule has 0 spiro atoms. The lowest BCUT2D eigenvalue weighted by Crippen LogP contribution is -2.11. The van der Waals surface area contributed by atoms with Gasteiger partial charge in [-0.05, 0) is 15.9 Å². The summed E-state index contributed by atoms with van der Waals surface area (Å²) in [6.45, 7) is -0.512. The topological polar surface area (TPSA) is 47.3 Å². The number of ether oxygens (including phenoxy) is 1. The monoisotopic (exact) mass is 298 g/mol. The first-order valence-electron chi connectivity index (χ1n) is 4.73. The minimum Gasteiger partial charge on any atom is -0.387 e. The number of aryl methyl sites for hydroxylation is 1. The van der Waals surface area contributed by atoms with Crippen molar-refractivity contribution < 1.29 is 18.6 Å². The quantitative estimate of drug-likeness (QED) is 0.816. The van der Waals surface area contributed by atoms with E-state index in [2.05, 4.69) is 25.8 Å². The maximum Gasteiger partial charge on any atom is 0.261 e. The molecule has 0 aliphatic carbocycles. The normalized spacial score (nSPS) is 13.4. The van der Waals surface area contributed by atoms with E-state index in [0.29, 0.717) is 10.2 Å². The van der Waals surface area contributed by atoms with Crippen LogP contribution in [0.5, 0.6) is 0 Å². The first kappa shape index (κ1) is 13.5. The molecule has 0 aliphatic heterocycles. The molecule has 0 bridgehead atoms. The number of aliphatic hydroxyl groups is 1. The van der Waals surface area contributed by atoms with Crippen LogP contribution in [-0.2, 0) is 11.8 Å². The van der Waals surface area contributed by atoms with E-state index in [9.17, 15) is 13.9 Å². The molecule has 0 saturated heterocycles. The minimum absolute atomic E-state index is 0.0864. The highest BCUT2D eigenvalue weighted by molar-refractivity contribution is 9.10. The number of nitrogens with zero attached hydrogens (tertiary/aromatic N) is 2. The maximum absolute atomic E-state index is 11.8. The third-order valence-electron chi connectivity index (χ3n) is 2.03. The summed E-state index contributed by atoms with van der Waals surface area (Å²) in [4.78, 5) is 0. The van der Waals surface area contributed by atoms with Crippen LogP contribution in [0, 0.1) is 0 Å². The van der Waals surface area contributed by atoms with Crippen LogP contribution in [0.15, 0.2) is 10.7 Å². The Morgan fingerprint density at radius 2 is 2.31 bits per heavy atom. The molecule has 1 rings (SSSR count). The summed E-state index contributed by atoms with van der Waals surface area (Å²) in [6, 6.07) is 0. The van der Waals surface area contributed by atoms with Gasteiger partial charge in [0, 0.05) is 20.1 Å². The Bertz CT molecular complexity index is 314. The molecule has 0 radical (unpaired) electrons. The van der Waals surface area contributed by atoms with Gasteiger partial charge in [-0.2, -0.15) is 5.10 Å². The summed E-state index contributed by atoms with van der Waals surface area (Å²) in [5.41, 5.74) is 0.612. The molecule has 0 fully saturated rings. The van der Waals surface area contributed by atoms with Gasteiger partial charge in [0.25, 0.3) is 6.43 Å². The second-order valence-corrected chi connectivity index (χ2v) is 4.13. The molecule has 0 aromatic carbocycles. The molecule has 0 saturated carbocycles. The second kappa shape index (κ2) is 6.27. The Balaban J connectivity index is 2.38. The fourth-order valence-corrected chi connectivity index (χ4v) is 1.91. The van der Waals surface area contributed by atoms with E-state index >= 15 is 0 Å². The molecule has 1 unspecified atom stereocenters. The van der Waals surface area contributed by atoms with E-state index in [1.165, 1.54) is 4.68 Å². The highest BCUT2D eigenvalue weighted by atomic mass is 79.9. The van der Waals surface area contributed by atoms with Crippen molar-refractivity contribution >= 4 is 15.9 Å². The first-order chi connectivity index (χ1) is 7.52. The Morgan fingerprint density at radius 1 is 1.62 bits per heavy atom. The average molecular weight is 299 g/mol. The van der Waals surface area contributed by atoms with Crippen LogP contribution < -0.4 is 0 Å². The molecule has 1 aromatic rings. The van der Waals surface area contributed by atoms with Crippen molar-refractivity contribution in [3.8, 4) is 0 Å². The van der Waals surface area contributed by atoms with E-state index < -0.39 is 19.1 Å². The van der Waals surface area contributed by atoms with E-state index in [1.807, 2.05) is 0 Å². The average Bonchev–Trinajstić information content (AvgIpc) is 2.53. The van der Waals surface area contributed by atoms with Crippen LogP contribution in [0.3, 0.4) is 0 Å². The van der Waals surface area contributed by atoms with Crippen LogP contribution >= 0.6 is 15.9 Å². The van der Waals surface area contributed by atoms with E-state index in [4.69, 9.17) is 0 Å². The lowest BCUT2D eigenvalue weighted by Gasteiger charge is -2.12. The Kier molecular flexibility index (Phi) is 5.30. The number of rotatable bonds is 6. The number of alkyl halides is 2. The highest BCUT2D eigenvalue weighted by Crippen LogP contribution is 2.24. The Labute approximate surface area is 100 Å². The summed E-state index contributed by atoms with van der Waals surface area (Å²) in [7, 11) is 1.70. The predicted octanol–water partition coefficient (Wildman–Crippen LogP) is 1.89. The molecule has 1 heterocycles. The molecule has 1 atom stereocenters. The minimum atomic E-state index is -2.47. The lowest BCUT2D eigenvalue weighted by atomic mass is 10.2. The fraction of sp³-hybridized carbons (Fsp3) is 0.667. The molecule has 4 nitrogen and oxygen atoms in total. The molecule has 92 valence electrons. The van der Waals surface area contributed by atoms with Gasteiger partial charge in [-0.3, -0.25) is 4.68 Å². The van der Waals surface area contributed by atoms with Gasteiger partial charge >= 0.3 is 0 Å². The van der Waals surface area contributed by atoms with Gasteiger partial charge in [-0.15, -0.1) is 0 Å². The zero-order valence-corrected chi connectivity index (χ0v) is 10.3. The molecular weight excluding hydrogens is 286 g/mol. The molecule has 7 heteroatoms. The number of aliphatic hydroxyl groups excluding tert-OH is 1. The summed E-state index contributed by atoms with van der Waals surface area (Å²) in [6.07, 6.45) is -1.43. The van der Waals surface area contributed by atoms with Crippen LogP contribution in [0.4, 0.5) is 8.78 Å². The van der Waals surface area contributed by atoms with Gasteiger partial charge in [0.15, 0.2) is 0 Å². The summed E-state index contributed by atoms with van der Waals surface area (Å²) in [5, 5.41) is 13.7. The number of hydrogen-bond acceptors (Lipinski definition) is 3. The highest BCUT2D eigenvalue weighted by Gasteiger charge is 2.16. The third kappa shape index (κ3) is 3.80. The predicted molar refractivity (Wildman–Crippen MR) is 57.3 cm³/mol. The standard InChI is InChI=1S/C9H13BrF2N2O2/c1-14-9(6(10)4-13-14)7(15)2-3-16-5-8(11)12/h4,7-8,15H,2-3,5H2,1H3. The second-order valence-electron chi connectivity index (χ2n) is 3.27. The maximum atomic E-state index is 11.8. The number of halogens is 3. The summed E-state index contributed by atoms with van der Waals surface area (Å²) >= 11 is 3.25. The van der Waals surface area contributed by atoms with E-state index in [0.717, 1.165) is 0 Å². The Morgan fingerprint density at radius 3 is 2.81 bits per heavy atom. The van der Waals surface area contributed by atoms with Crippen LogP contribution in [-0.4, -0.2) is 34.5 Å². The van der Waals surface area contributed by atoms with E-state index in [-0.39, 0.29) is 13.0 Å². The van der Waals surface area contributed by atoms with Crippen molar-refractivity contribution in [1.29, 1.82) is 0 Å². The summed E-state index contributed by atoms with van der Waals surface area (Å²) < 4.78 is 30.4. The van der Waals surface area contributed by atoms with Gasteiger partial charge in [0.05, 0.1) is 22.5 Å². The van der Waals surface area contributed by atoms with Crippen LogP contribution in [0.2, 0.25) is 0 Å². The fourth-order valence-electron chi connectivity index (χ4n) is 1.30. The molecule has 1 aromatic heterocycles. The van der Waals surface area contributed by atoms with Crippen LogP contribution in [0.1, 0.15) is 18.2 Å². The number of aromatic nitrogens is 2. The van der Waals surface area contributed by atoms with Gasteiger partial charge in [-0.1, -0.05) is 0 Å². The molecular formula is C9H13BrF2N2O2. The van der Waals surface area contributed by atoms with Crippen molar-refractivity contribution in [2.75, 3.05) is 13.2 Å². The van der Waals surface area contributed by atoms with E-state index in [1.54, 1.807) is 13.2 Å². The SMILES string of the molecule is Cn1ncc(Br)c1C(O)CCOCC(F)F. The lowest BCUT2D eigenvalue weighted by molar-refractivity contribution is 0.00396. The smallest absolute Gasteiger partial charge is 0.261 e. The van der Waals surface area contributed by atoms with Crippen LogP contribution in [0.25, 0.3) is 0 Å². The molecule has 0 amide bonds. The van der Waals surface area contributed by atoms with Gasteiger partial charge < -0.3 is 9.84 Å². The summed E-state index contributed by atoms with van der Waals surface area (Å²) in [5.74, 6) is 0. The van der Waals surface area contributed by atoms with Gasteiger partial charge in [0.2, 0.25) is 0 Å². The zero-order chi connectivity index (χ0) is 12.1. The van der Waals surface area contributed by atoms with Crippen molar-refractivity contribution in [2.45, 2.75) is 19.0 Å². The van der Waals surface area contributed by atoms with Crippen molar-refractivity contribution in [3.63, 3.8) is 0 Å². The Hall–Kier alpha value is -0.530. The molecule has 1 N–H and O–H groups in total. The number of hydrogen-bond donors (Lipinski definition) is 1.